The van der Waals surface area contributed by atoms with Gasteiger partial charge in [0.25, 0.3) is 0 Å². The van der Waals surface area contributed by atoms with Gasteiger partial charge in [0.2, 0.25) is 0 Å². The van der Waals surface area contributed by atoms with Gasteiger partial charge in [0.05, 0.1) is 0 Å². The molecule has 0 fully saturated rings. The second-order valence-electron chi connectivity index (χ2n) is 10.4. The molecule has 1 aromatic heterocycles. The van der Waals surface area contributed by atoms with Crippen LogP contribution < -0.4 is 0 Å². The first-order chi connectivity index (χ1) is 19.8. The summed E-state index contributed by atoms with van der Waals surface area (Å²) in [6.45, 7) is 19.2. The highest BCUT2D eigenvalue weighted by atomic mass is 32.1. The van der Waals surface area contributed by atoms with Crippen LogP contribution in [0.5, 0.6) is 0 Å². The van der Waals surface area contributed by atoms with Crippen molar-refractivity contribution in [3.63, 3.8) is 0 Å². The fourth-order valence-electron chi connectivity index (χ4n) is 4.87. The normalized spacial score (nSPS) is 10.2. The standard InChI is InChI=1S/C22H22.C13H10S.C3H8.C2H6/c1-15(2)17(4)21-14-20(18-10-6-5-7-11-18)13-19-12-8-9-16(3)22(19)21;1-9-5-4-7-11-10-6-2-3-8-12(10)14-13(9)11;1-3-2;1-2/h5-14H,1-4H3;2-8H,1H3;3H2,1-2H3;1-2H3. The summed E-state index contributed by atoms with van der Waals surface area (Å²) in [4.78, 5) is 0. The summed E-state index contributed by atoms with van der Waals surface area (Å²) in [5.41, 5.74) is 9.38. The third-order valence-electron chi connectivity index (χ3n) is 7.05. The van der Waals surface area contributed by atoms with E-state index in [2.05, 4.69) is 152 Å². The average molecular weight is 559 g/mol. The Balaban J connectivity index is 0.000000208. The van der Waals surface area contributed by atoms with E-state index in [0.717, 1.165) is 0 Å². The molecule has 6 rings (SSSR count). The lowest BCUT2D eigenvalue weighted by Gasteiger charge is -2.14. The summed E-state index contributed by atoms with van der Waals surface area (Å²) in [5.74, 6) is 0. The SMILES string of the molecule is CC.CC(C)=C(C)c1cc(-c2ccccc2)cc2cccc(C)c12.CCC.Cc1cccc2c1sc1ccccc12. The maximum absolute atomic E-state index is 2.34. The van der Waals surface area contributed by atoms with Gasteiger partial charge in [0.1, 0.15) is 0 Å². The predicted octanol–water partition coefficient (Wildman–Crippen LogP) is 13.4. The number of hydrogen-bond acceptors (Lipinski definition) is 1. The minimum absolute atomic E-state index is 1.25. The molecule has 0 amide bonds. The Kier molecular flexibility index (Phi) is 11.9. The summed E-state index contributed by atoms with van der Waals surface area (Å²) >= 11 is 1.89. The van der Waals surface area contributed by atoms with E-state index in [1.807, 2.05) is 25.2 Å². The van der Waals surface area contributed by atoms with Crippen molar-refractivity contribution < 1.29 is 0 Å². The van der Waals surface area contributed by atoms with Crippen LogP contribution in [0.1, 0.15) is 71.6 Å². The van der Waals surface area contributed by atoms with E-state index in [1.165, 1.54) is 76.3 Å². The first-order valence-electron chi connectivity index (χ1n) is 15.0. The third-order valence-corrected chi connectivity index (χ3v) is 8.37. The zero-order chi connectivity index (χ0) is 29.9. The van der Waals surface area contributed by atoms with Gasteiger partial charge in [-0.1, -0.05) is 125 Å². The van der Waals surface area contributed by atoms with Crippen molar-refractivity contribution in [3.8, 4) is 11.1 Å². The van der Waals surface area contributed by atoms with Crippen molar-refractivity contribution in [1.82, 2.24) is 0 Å². The Morgan fingerprint density at radius 3 is 1.88 bits per heavy atom. The molecule has 41 heavy (non-hydrogen) atoms. The maximum Gasteiger partial charge on any atom is 0.0384 e. The van der Waals surface area contributed by atoms with Gasteiger partial charge in [-0.2, -0.15) is 0 Å². The molecule has 1 heteroatoms. The lowest BCUT2D eigenvalue weighted by atomic mass is 9.90. The Bertz CT molecular complexity index is 1730. The topological polar surface area (TPSA) is 0 Å². The molecule has 0 saturated carbocycles. The summed E-state index contributed by atoms with van der Waals surface area (Å²) in [6.07, 6.45) is 1.25. The van der Waals surface area contributed by atoms with E-state index >= 15 is 0 Å². The summed E-state index contributed by atoms with van der Waals surface area (Å²) in [5, 5.41) is 5.47. The van der Waals surface area contributed by atoms with E-state index in [9.17, 15) is 0 Å². The quantitative estimate of drug-likeness (QED) is 0.198. The number of benzene rings is 5. The van der Waals surface area contributed by atoms with Gasteiger partial charge >= 0.3 is 0 Å². The van der Waals surface area contributed by atoms with Crippen LogP contribution in [0, 0.1) is 13.8 Å². The van der Waals surface area contributed by atoms with Crippen molar-refractivity contribution in [1.29, 1.82) is 0 Å². The molecule has 6 aromatic rings. The van der Waals surface area contributed by atoms with Crippen molar-refractivity contribution >= 4 is 47.9 Å². The molecule has 0 unspecified atom stereocenters. The highest BCUT2D eigenvalue weighted by molar-refractivity contribution is 7.26. The largest absolute Gasteiger partial charge is 0.135 e. The molecule has 212 valence electrons. The van der Waals surface area contributed by atoms with Crippen LogP contribution in [0.25, 0.3) is 47.6 Å². The van der Waals surface area contributed by atoms with E-state index in [4.69, 9.17) is 0 Å². The summed E-state index contributed by atoms with van der Waals surface area (Å²) in [6, 6.07) is 37.0. The molecule has 0 radical (unpaired) electrons. The number of aryl methyl sites for hydroxylation is 2. The Morgan fingerprint density at radius 2 is 1.20 bits per heavy atom. The van der Waals surface area contributed by atoms with Gasteiger partial charge in [-0.05, 0) is 97.0 Å². The first kappa shape index (κ1) is 31.8. The molecular weight excluding hydrogens is 513 g/mol. The van der Waals surface area contributed by atoms with Crippen LogP contribution in [0.4, 0.5) is 0 Å². The molecular formula is C40H46S. The van der Waals surface area contributed by atoms with Gasteiger partial charge in [-0.25, -0.2) is 0 Å². The monoisotopic (exact) mass is 558 g/mol. The van der Waals surface area contributed by atoms with Crippen LogP contribution in [0.15, 0.2) is 109 Å². The molecule has 1 heterocycles. The molecule has 0 aliphatic rings. The van der Waals surface area contributed by atoms with Gasteiger partial charge in [-0.3, -0.25) is 0 Å². The van der Waals surface area contributed by atoms with Gasteiger partial charge in [0.15, 0.2) is 0 Å². The third kappa shape index (κ3) is 7.54. The Labute approximate surface area is 252 Å². The second-order valence-corrected chi connectivity index (χ2v) is 11.5. The van der Waals surface area contributed by atoms with Crippen molar-refractivity contribution in [2.75, 3.05) is 0 Å². The van der Waals surface area contributed by atoms with Gasteiger partial charge < -0.3 is 0 Å². The Hall–Kier alpha value is -3.68. The minimum atomic E-state index is 1.25. The highest BCUT2D eigenvalue weighted by Crippen LogP contribution is 2.36. The molecule has 0 aliphatic carbocycles. The van der Waals surface area contributed by atoms with Crippen LogP contribution in [-0.2, 0) is 0 Å². The van der Waals surface area contributed by atoms with Crippen LogP contribution in [-0.4, -0.2) is 0 Å². The zero-order valence-electron chi connectivity index (χ0n) is 26.4. The fraction of sp³-hybridized carbons (Fsp3) is 0.250. The fourth-order valence-corrected chi connectivity index (χ4v) is 6.04. The minimum Gasteiger partial charge on any atom is -0.135 e. The number of thiophene rings is 1. The molecule has 0 N–H and O–H groups in total. The molecule has 0 saturated heterocycles. The van der Waals surface area contributed by atoms with Crippen LogP contribution >= 0.6 is 11.3 Å². The summed E-state index contributed by atoms with van der Waals surface area (Å²) in [7, 11) is 0. The molecule has 0 nitrogen and oxygen atoms in total. The molecule has 0 spiro atoms. The number of rotatable bonds is 2. The highest BCUT2D eigenvalue weighted by Gasteiger charge is 2.10. The lowest BCUT2D eigenvalue weighted by Crippen LogP contribution is -1.91. The lowest BCUT2D eigenvalue weighted by molar-refractivity contribution is 1.09. The second kappa shape index (κ2) is 15.4. The smallest absolute Gasteiger partial charge is 0.0384 e. The maximum atomic E-state index is 2.34. The van der Waals surface area contributed by atoms with Gasteiger partial charge in [0, 0.05) is 20.2 Å². The van der Waals surface area contributed by atoms with E-state index in [1.54, 1.807) is 0 Å². The van der Waals surface area contributed by atoms with Crippen LogP contribution in [0.3, 0.4) is 0 Å². The summed E-state index contributed by atoms with van der Waals surface area (Å²) < 4.78 is 2.81. The first-order valence-corrected chi connectivity index (χ1v) is 15.8. The van der Waals surface area contributed by atoms with E-state index in [0.29, 0.717) is 0 Å². The Morgan fingerprint density at radius 1 is 0.610 bits per heavy atom. The number of hydrogen-bond donors (Lipinski definition) is 0. The number of fused-ring (bicyclic) bond motifs is 4. The van der Waals surface area contributed by atoms with E-state index in [-0.39, 0.29) is 0 Å². The molecule has 0 atom stereocenters. The predicted molar refractivity (Wildman–Crippen MR) is 189 cm³/mol. The van der Waals surface area contributed by atoms with Crippen LogP contribution in [0.2, 0.25) is 0 Å². The van der Waals surface area contributed by atoms with E-state index < -0.39 is 0 Å². The zero-order valence-corrected chi connectivity index (χ0v) is 27.2. The van der Waals surface area contributed by atoms with Gasteiger partial charge in [-0.15, -0.1) is 11.3 Å². The van der Waals surface area contributed by atoms with Crippen molar-refractivity contribution in [3.05, 3.63) is 125 Å². The van der Waals surface area contributed by atoms with Crippen molar-refractivity contribution in [2.45, 2.75) is 68.7 Å². The molecule has 5 aromatic carbocycles. The number of allylic oxidation sites excluding steroid dienone is 2. The average Bonchev–Trinajstić information content (AvgIpc) is 3.39. The molecule has 0 bridgehead atoms. The van der Waals surface area contributed by atoms with Crippen molar-refractivity contribution in [2.24, 2.45) is 0 Å². The molecule has 0 aliphatic heterocycles.